The zero-order valence-electron chi connectivity index (χ0n) is 9.01. The third kappa shape index (κ3) is 2.04. The van der Waals surface area contributed by atoms with Crippen LogP contribution in [-0.4, -0.2) is 21.2 Å². The van der Waals surface area contributed by atoms with Crippen LogP contribution in [0.1, 0.15) is 5.82 Å². The molecule has 2 rings (SSSR count). The Morgan fingerprint density at radius 2 is 2.44 bits per heavy atom. The normalized spacial score (nSPS) is 9.75. The Bertz CT molecular complexity index is 508. The Labute approximate surface area is 94.3 Å². The van der Waals surface area contributed by atoms with E-state index in [9.17, 15) is 0 Å². The van der Waals surface area contributed by atoms with E-state index in [0.717, 1.165) is 17.1 Å². The second kappa shape index (κ2) is 4.49. The van der Waals surface area contributed by atoms with E-state index in [1.54, 1.807) is 12.4 Å². The minimum Gasteiger partial charge on any atom is -0.313 e. The van der Waals surface area contributed by atoms with Crippen LogP contribution in [0.25, 0.3) is 11.3 Å². The van der Waals surface area contributed by atoms with Crippen molar-refractivity contribution >= 4 is 0 Å². The summed E-state index contributed by atoms with van der Waals surface area (Å²) in [7, 11) is 0. The highest BCUT2D eigenvalue weighted by Gasteiger charge is 2.05. The predicted molar refractivity (Wildman–Crippen MR) is 63.3 cm³/mol. The van der Waals surface area contributed by atoms with Gasteiger partial charge in [0.05, 0.1) is 18.4 Å². The van der Waals surface area contributed by atoms with Gasteiger partial charge in [0.15, 0.2) is 0 Å². The molecule has 0 unspecified atom stereocenters. The van der Waals surface area contributed by atoms with Gasteiger partial charge in [0.1, 0.15) is 5.82 Å². The van der Waals surface area contributed by atoms with Crippen LogP contribution in [-0.2, 0) is 0 Å². The molecule has 0 aliphatic heterocycles. The van der Waals surface area contributed by atoms with Gasteiger partial charge < -0.3 is 5.43 Å². The molecule has 0 saturated heterocycles. The van der Waals surface area contributed by atoms with Crippen molar-refractivity contribution < 1.29 is 0 Å². The topological polar surface area (TPSA) is 42.7 Å². The van der Waals surface area contributed by atoms with Crippen molar-refractivity contribution in [2.75, 3.05) is 12.0 Å². The quantitative estimate of drug-likeness (QED) is 0.783. The number of nitrogens with one attached hydrogen (secondary N) is 1. The lowest BCUT2D eigenvalue weighted by atomic mass is 10.2. The van der Waals surface area contributed by atoms with Gasteiger partial charge in [0.2, 0.25) is 0 Å². The van der Waals surface area contributed by atoms with Gasteiger partial charge in [-0.15, -0.1) is 6.42 Å². The van der Waals surface area contributed by atoms with Crippen molar-refractivity contribution in [2.24, 2.45) is 0 Å². The van der Waals surface area contributed by atoms with Crippen molar-refractivity contribution in [3.63, 3.8) is 0 Å². The van der Waals surface area contributed by atoms with Gasteiger partial charge in [-0.3, -0.25) is 9.66 Å². The third-order valence-electron chi connectivity index (χ3n) is 2.19. The van der Waals surface area contributed by atoms with Crippen molar-refractivity contribution in [2.45, 2.75) is 6.92 Å². The van der Waals surface area contributed by atoms with Crippen LogP contribution in [0.2, 0.25) is 0 Å². The van der Waals surface area contributed by atoms with Crippen LogP contribution in [0, 0.1) is 19.3 Å². The van der Waals surface area contributed by atoms with Gasteiger partial charge in [0.25, 0.3) is 0 Å². The summed E-state index contributed by atoms with van der Waals surface area (Å²) in [5, 5.41) is 0. The number of nitrogens with zero attached hydrogens (tertiary/aromatic N) is 3. The van der Waals surface area contributed by atoms with Gasteiger partial charge in [-0.2, -0.15) is 0 Å². The van der Waals surface area contributed by atoms with Crippen LogP contribution in [0.15, 0.2) is 30.7 Å². The second-order valence-corrected chi connectivity index (χ2v) is 3.32. The number of hydrogen-bond donors (Lipinski definition) is 1. The molecule has 0 spiro atoms. The summed E-state index contributed by atoms with van der Waals surface area (Å²) < 4.78 is 1.82. The molecule has 16 heavy (non-hydrogen) atoms. The Hall–Kier alpha value is -2.28. The predicted octanol–water partition coefficient (Wildman–Crippen LogP) is 1.43. The molecular weight excluding hydrogens is 200 g/mol. The summed E-state index contributed by atoms with van der Waals surface area (Å²) in [6.45, 7) is 2.40. The zero-order chi connectivity index (χ0) is 11.4. The van der Waals surface area contributed by atoms with E-state index in [2.05, 4.69) is 21.3 Å². The molecule has 2 aromatic rings. The monoisotopic (exact) mass is 212 g/mol. The van der Waals surface area contributed by atoms with Crippen LogP contribution >= 0.6 is 0 Å². The summed E-state index contributed by atoms with van der Waals surface area (Å²) in [6, 6.07) is 3.86. The molecule has 4 nitrogen and oxygen atoms in total. The maximum Gasteiger partial charge on any atom is 0.125 e. The molecule has 0 amide bonds. The Balaban J connectivity index is 2.28. The van der Waals surface area contributed by atoms with E-state index in [0.29, 0.717) is 6.54 Å². The van der Waals surface area contributed by atoms with E-state index < -0.39 is 0 Å². The molecule has 2 heterocycles. The average molecular weight is 212 g/mol. The Morgan fingerprint density at radius 3 is 3.12 bits per heavy atom. The maximum atomic E-state index is 5.19. The molecule has 0 aromatic carbocycles. The summed E-state index contributed by atoms with van der Waals surface area (Å²) in [5.41, 5.74) is 4.93. The fraction of sp³-hybridized carbons (Fsp3) is 0.167. The Morgan fingerprint density at radius 1 is 1.56 bits per heavy atom. The number of rotatable bonds is 3. The minimum atomic E-state index is 0.476. The number of terminal acetylenes is 1. The lowest BCUT2D eigenvalue weighted by Gasteiger charge is -2.03. The molecule has 0 aliphatic carbocycles. The number of pyridine rings is 1. The molecular formula is C12H12N4. The standard InChI is InChI=1S/C12H12N4/c1-3-6-14-16-9-12(15-10(16)2)11-5-4-7-13-8-11/h1,4-5,7-9,14H,6H2,2H3. The van der Waals surface area contributed by atoms with Crippen molar-refractivity contribution in [1.29, 1.82) is 0 Å². The summed E-state index contributed by atoms with van der Waals surface area (Å²) in [4.78, 5) is 8.49. The van der Waals surface area contributed by atoms with Crippen LogP contribution in [0.4, 0.5) is 0 Å². The van der Waals surface area contributed by atoms with Crippen molar-refractivity contribution in [3.8, 4) is 23.6 Å². The molecule has 80 valence electrons. The molecule has 0 fully saturated rings. The lowest BCUT2D eigenvalue weighted by Crippen LogP contribution is -2.15. The van der Waals surface area contributed by atoms with Gasteiger partial charge in [-0.1, -0.05) is 5.92 Å². The first-order chi connectivity index (χ1) is 7.81. The largest absolute Gasteiger partial charge is 0.313 e. The molecule has 0 radical (unpaired) electrons. The average Bonchev–Trinajstić information content (AvgIpc) is 2.69. The first-order valence-corrected chi connectivity index (χ1v) is 4.95. The highest BCUT2D eigenvalue weighted by Crippen LogP contribution is 2.15. The number of aromatic nitrogens is 3. The minimum absolute atomic E-state index is 0.476. The van der Waals surface area contributed by atoms with E-state index >= 15 is 0 Å². The van der Waals surface area contributed by atoms with Crippen molar-refractivity contribution in [1.82, 2.24) is 14.6 Å². The molecule has 0 aliphatic rings. The molecule has 4 heteroatoms. The van der Waals surface area contributed by atoms with Gasteiger partial charge >= 0.3 is 0 Å². The number of imidazole rings is 1. The van der Waals surface area contributed by atoms with E-state index in [4.69, 9.17) is 6.42 Å². The molecule has 0 saturated carbocycles. The van der Waals surface area contributed by atoms with E-state index in [1.807, 2.05) is 29.9 Å². The zero-order valence-corrected chi connectivity index (χ0v) is 9.01. The van der Waals surface area contributed by atoms with E-state index in [1.165, 1.54) is 0 Å². The number of hydrogen-bond acceptors (Lipinski definition) is 3. The smallest absolute Gasteiger partial charge is 0.125 e. The fourth-order valence-electron chi connectivity index (χ4n) is 1.42. The van der Waals surface area contributed by atoms with Crippen molar-refractivity contribution in [3.05, 3.63) is 36.5 Å². The summed E-state index contributed by atoms with van der Waals surface area (Å²) >= 11 is 0. The van der Waals surface area contributed by atoms with Gasteiger partial charge in [-0.25, -0.2) is 4.98 Å². The molecule has 1 N–H and O–H groups in total. The highest BCUT2D eigenvalue weighted by molar-refractivity contribution is 5.57. The molecule has 2 aromatic heterocycles. The lowest BCUT2D eigenvalue weighted by molar-refractivity contribution is 0.847. The van der Waals surface area contributed by atoms with Crippen LogP contribution in [0.3, 0.4) is 0 Å². The van der Waals surface area contributed by atoms with Gasteiger partial charge in [0, 0.05) is 18.0 Å². The maximum absolute atomic E-state index is 5.19. The molecule has 0 atom stereocenters. The van der Waals surface area contributed by atoms with Crippen LogP contribution in [0.5, 0.6) is 0 Å². The Kier molecular flexibility index (Phi) is 2.88. The molecule has 0 bridgehead atoms. The first-order valence-electron chi connectivity index (χ1n) is 4.95. The fourth-order valence-corrected chi connectivity index (χ4v) is 1.42. The number of aryl methyl sites for hydroxylation is 1. The first kappa shape index (κ1) is 10.2. The highest BCUT2D eigenvalue weighted by atomic mass is 15.4. The SMILES string of the molecule is C#CCNn1cc(-c2cccnc2)nc1C. The summed E-state index contributed by atoms with van der Waals surface area (Å²) in [6.07, 6.45) is 10.6. The van der Waals surface area contributed by atoms with Crippen LogP contribution < -0.4 is 5.43 Å². The van der Waals surface area contributed by atoms with Gasteiger partial charge in [-0.05, 0) is 19.1 Å². The summed E-state index contributed by atoms with van der Waals surface area (Å²) in [5.74, 6) is 3.39. The van der Waals surface area contributed by atoms with E-state index in [-0.39, 0.29) is 0 Å². The second-order valence-electron chi connectivity index (χ2n) is 3.32. The third-order valence-corrected chi connectivity index (χ3v) is 2.19.